The highest BCUT2D eigenvalue weighted by atomic mass is 32.1. The number of fused-ring (bicyclic) bond motifs is 1. The first-order valence-corrected chi connectivity index (χ1v) is 13.0. The summed E-state index contributed by atoms with van der Waals surface area (Å²) in [6.45, 7) is 0. The van der Waals surface area contributed by atoms with Crippen molar-refractivity contribution in [1.29, 1.82) is 5.26 Å². The zero-order chi connectivity index (χ0) is 26.6. The number of ether oxygens (including phenoxy) is 1. The van der Waals surface area contributed by atoms with E-state index in [1.54, 1.807) is 18.0 Å². The Hall–Kier alpha value is -4.68. The number of carbonyl (C=O) groups is 2. The number of amides is 2. The highest BCUT2D eigenvalue weighted by Gasteiger charge is 2.26. The molecule has 2 aromatic heterocycles. The van der Waals surface area contributed by atoms with E-state index in [9.17, 15) is 14.9 Å². The summed E-state index contributed by atoms with van der Waals surface area (Å²) in [5.74, 6) is -0.482. The predicted octanol–water partition coefficient (Wildman–Crippen LogP) is 5.13. The molecule has 0 atom stereocenters. The predicted molar refractivity (Wildman–Crippen MR) is 147 cm³/mol. The van der Waals surface area contributed by atoms with Crippen LogP contribution in [0.1, 0.15) is 39.2 Å². The van der Waals surface area contributed by atoms with E-state index in [4.69, 9.17) is 15.6 Å². The molecule has 0 saturated heterocycles. The summed E-state index contributed by atoms with van der Waals surface area (Å²) in [5, 5.41) is 17.8. The van der Waals surface area contributed by atoms with Gasteiger partial charge < -0.3 is 15.8 Å². The fraction of sp³-hybridized carbons (Fsp3) is 0.172. The van der Waals surface area contributed by atoms with Crippen molar-refractivity contribution in [2.45, 2.75) is 25.7 Å². The first kappa shape index (κ1) is 25.0. The van der Waals surface area contributed by atoms with Crippen LogP contribution in [0.5, 0.6) is 5.75 Å². The first-order valence-electron chi connectivity index (χ1n) is 12.2. The number of para-hydroxylation sites is 1. The third kappa shape index (κ3) is 4.94. The minimum absolute atomic E-state index is 0.117. The van der Waals surface area contributed by atoms with Gasteiger partial charge in [-0.25, -0.2) is 4.68 Å². The van der Waals surface area contributed by atoms with Crippen LogP contribution in [0.25, 0.3) is 23.0 Å². The minimum Gasteiger partial charge on any atom is -0.497 e. The summed E-state index contributed by atoms with van der Waals surface area (Å²) in [7, 11) is 1.60. The number of anilines is 1. The van der Waals surface area contributed by atoms with Crippen molar-refractivity contribution in [3.05, 3.63) is 87.9 Å². The number of aryl methyl sites for hydroxylation is 1. The number of hydrogen-bond acceptors (Lipinski definition) is 6. The monoisotopic (exact) mass is 523 g/mol. The molecule has 1 aliphatic rings. The average Bonchev–Trinajstić information content (AvgIpc) is 3.53. The van der Waals surface area contributed by atoms with Crippen LogP contribution in [0.15, 0.2) is 66.4 Å². The van der Waals surface area contributed by atoms with Crippen molar-refractivity contribution in [3.8, 4) is 28.8 Å². The Morgan fingerprint density at radius 2 is 1.87 bits per heavy atom. The second kappa shape index (κ2) is 10.7. The highest BCUT2D eigenvalue weighted by molar-refractivity contribution is 7.17. The maximum absolute atomic E-state index is 13.3. The van der Waals surface area contributed by atoms with E-state index < -0.39 is 11.8 Å². The van der Waals surface area contributed by atoms with Crippen LogP contribution in [-0.2, 0) is 17.6 Å². The third-order valence-corrected chi connectivity index (χ3v) is 7.64. The van der Waals surface area contributed by atoms with Crippen LogP contribution >= 0.6 is 11.3 Å². The Morgan fingerprint density at radius 1 is 1.13 bits per heavy atom. The van der Waals surface area contributed by atoms with Gasteiger partial charge in [0.05, 0.1) is 24.1 Å². The Morgan fingerprint density at radius 3 is 2.55 bits per heavy atom. The number of primary amides is 1. The number of methoxy groups -OCH3 is 1. The average molecular weight is 524 g/mol. The van der Waals surface area contributed by atoms with Gasteiger partial charge >= 0.3 is 0 Å². The van der Waals surface area contributed by atoms with Crippen molar-refractivity contribution in [3.63, 3.8) is 0 Å². The van der Waals surface area contributed by atoms with E-state index in [2.05, 4.69) is 5.32 Å². The van der Waals surface area contributed by atoms with Gasteiger partial charge in [0.25, 0.3) is 11.8 Å². The first-order chi connectivity index (χ1) is 18.5. The van der Waals surface area contributed by atoms with Crippen LogP contribution < -0.4 is 15.8 Å². The SMILES string of the molecule is COc1ccc(-c2nn(-c3ccccc3)cc2/C=C(\C#N)C(=O)Nc2sc3c(c2C(N)=O)CCCC3)cc1. The lowest BCUT2D eigenvalue weighted by molar-refractivity contribution is -0.112. The molecule has 2 heterocycles. The van der Waals surface area contributed by atoms with Crippen LogP contribution in [0.2, 0.25) is 0 Å². The molecule has 4 aromatic rings. The number of carbonyl (C=O) groups excluding carboxylic acids is 2. The van der Waals surface area contributed by atoms with Gasteiger partial charge in [0.15, 0.2) is 0 Å². The van der Waals surface area contributed by atoms with Gasteiger partial charge in [-0.2, -0.15) is 10.4 Å². The standard InChI is InChI=1S/C29H25N5O3S/c1-37-22-13-11-18(12-14-22)26-20(17-34(33-26)21-7-3-2-4-8-21)15-19(16-30)28(36)32-29-25(27(31)35)23-9-5-6-10-24(23)38-29/h2-4,7-8,11-15,17H,5-6,9-10H2,1H3,(H2,31,35)(H,32,36)/b19-15+. The number of benzene rings is 2. The largest absolute Gasteiger partial charge is 0.497 e. The van der Waals surface area contributed by atoms with Crippen molar-refractivity contribution in [2.24, 2.45) is 5.73 Å². The smallest absolute Gasteiger partial charge is 0.266 e. The number of nitrogens with two attached hydrogens (primary N) is 1. The molecule has 38 heavy (non-hydrogen) atoms. The summed E-state index contributed by atoms with van der Waals surface area (Å²) in [4.78, 5) is 26.5. The Kier molecular flexibility index (Phi) is 7.07. The molecule has 5 rings (SSSR count). The minimum atomic E-state index is -0.610. The molecule has 2 aromatic carbocycles. The van der Waals surface area contributed by atoms with Crippen molar-refractivity contribution >= 4 is 34.2 Å². The van der Waals surface area contributed by atoms with E-state index >= 15 is 0 Å². The molecule has 0 fully saturated rings. The molecule has 0 saturated carbocycles. The topological polar surface area (TPSA) is 123 Å². The second-order valence-corrected chi connectivity index (χ2v) is 9.95. The number of thiophene rings is 1. The van der Waals surface area contributed by atoms with Gasteiger partial charge in [0, 0.05) is 22.2 Å². The van der Waals surface area contributed by atoms with E-state index in [-0.39, 0.29) is 5.57 Å². The van der Waals surface area contributed by atoms with Crippen molar-refractivity contribution < 1.29 is 14.3 Å². The molecule has 1 aliphatic carbocycles. The Bertz CT molecular complexity index is 1580. The lowest BCUT2D eigenvalue weighted by Crippen LogP contribution is -2.19. The molecular weight excluding hydrogens is 498 g/mol. The van der Waals surface area contributed by atoms with Gasteiger partial charge in [-0.15, -0.1) is 11.3 Å². The molecule has 0 unspecified atom stereocenters. The lowest BCUT2D eigenvalue weighted by atomic mass is 9.95. The molecule has 3 N–H and O–H groups in total. The normalized spacial score (nSPS) is 12.9. The number of nitriles is 1. The molecule has 190 valence electrons. The molecule has 0 aliphatic heterocycles. The zero-order valence-electron chi connectivity index (χ0n) is 20.7. The van der Waals surface area contributed by atoms with Crippen LogP contribution in [0.3, 0.4) is 0 Å². The second-order valence-electron chi connectivity index (χ2n) is 8.84. The third-order valence-electron chi connectivity index (χ3n) is 6.44. The number of nitrogens with zero attached hydrogens (tertiary/aromatic N) is 3. The van der Waals surface area contributed by atoms with E-state index in [1.807, 2.05) is 60.7 Å². The van der Waals surface area contributed by atoms with Gasteiger partial charge in [-0.05, 0) is 73.7 Å². The number of nitrogens with one attached hydrogen (secondary N) is 1. The summed E-state index contributed by atoms with van der Waals surface area (Å²) >= 11 is 1.36. The van der Waals surface area contributed by atoms with Crippen molar-refractivity contribution in [2.75, 3.05) is 12.4 Å². The summed E-state index contributed by atoms with van der Waals surface area (Å²) in [6, 6.07) is 19.0. The van der Waals surface area contributed by atoms with Crippen LogP contribution in [-0.4, -0.2) is 28.7 Å². The summed E-state index contributed by atoms with van der Waals surface area (Å²) < 4.78 is 6.98. The van der Waals surface area contributed by atoms with Gasteiger partial charge in [0.2, 0.25) is 0 Å². The maximum Gasteiger partial charge on any atom is 0.266 e. The molecular formula is C29H25N5O3S. The number of aromatic nitrogens is 2. The molecule has 0 radical (unpaired) electrons. The highest BCUT2D eigenvalue weighted by Crippen LogP contribution is 2.38. The van der Waals surface area contributed by atoms with Gasteiger partial charge in [-0.1, -0.05) is 18.2 Å². The molecule has 9 heteroatoms. The quantitative estimate of drug-likeness (QED) is 0.257. The van der Waals surface area contributed by atoms with Crippen LogP contribution in [0.4, 0.5) is 5.00 Å². The number of hydrogen-bond donors (Lipinski definition) is 2. The molecule has 0 spiro atoms. The zero-order valence-corrected chi connectivity index (χ0v) is 21.5. The van der Waals surface area contributed by atoms with Crippen molar-refractivity contribution in [1.82, 2.24) is 9.78 Å². The van der Waals surface area contributed by atoms with Crippen LogP contribution in [0, 0.1) is 11.3 Å². The number of rotatable bonds is 7. The molecule has 8 nitrogen and oxygen atoms in total. The summed E-state index contributed by atoms with van der Waals surface area (Å²) in [5.41, 5.74) is 9.64. The lowest BCUT2D eigenvalue weighted by Gasteiger charge is -2.11. The maximum atomic E-state index is 13.3. The molecule has 2 amide bonds. The molecule has 0 bridgehead atoms. The van der Waals surface area contributed by atoms with Gasteiger partial charge in [-0.3, -0.25) is 9.59 Å². The Labute approximate surface area is 224 Å². The summed E-state index contributed by atoms with van der Waals surface area (Å²) in [6.07, 6.45) is 6.89. The van der Waals surface area contributed by atoms with E-state index in [0.717, 1.165) is 47.4 Å². The van der Waals surface area contributed by atoms with E-state index in [0.29, 0.717) is 27.6 Å². The fourth-order valence-corrected chi connectivity index (χ4v) is 5.86. The fourth-order valence-electron chi connectivity index (χ4n) is 4.57. The van der Waals surface area contributed by atoms with Gasteiger partial charge in [0.1, 0.15) is 22.4 Å². The van der Waals surface area contributed by atoms with E-state index in [1.165, 1.54) is 17.4 Å². The Balaban J connectivity index is 1.53.